The summed E-state index contributed by atoms with van der Waals surface area (Å²) in [4.78, 5) is 16.3. The molecule has 3 heterocycles. The van der Waals surface area contributed by atoms with Crippen molar-refractivity contribution >= 4 is 22.8 Å². The van der Waals surface area contributed by atoms with Crippen LogP contribution < -0.4 is 9.47 Å². The molecular weight excluding hydrogens is 502 g/mol. The van der Waals surface area contributed by atoms with Crippen LogP contribution in [0.15, 0.2) is 54.9 Å². The lowest BCUT2D eigenvalue weighted by atomic mass is 10.1. The summed E-state index contributed by atoms with van der Waals surface area (Å²) in [6, 6.07) is 16.0. The molecule has 0 bridgehead atoms. The monoisotopic (exact) mass is 533 g/mol. The van der Waals surface area contributed by atoms with Crippen molar-refractivity contribution in [3.63, 3.8) is 0 Å². The van der Waals surface area contributed by atoms with Gasteiger partial charge in [-0.25, -0.2) is 9.97 Å². The molecule has 9 heteroatoms. The summed E-state index contributed by atoms with van der Waals surface area (Å²) in [6.07, 6.45) is 5.02. The van der Waals surface area contributed by atoms with Crippen molar-refractivity contribution in [3.05, 3.63) is 65.4 Å². The maximum Gasteiger partial charge on any atom is 0.245 e. The molecule has 2 aromatic heterocycles. The van der Waals surface area contributed by atoms with Crippen molar-refractivity contribution in [1.82, 2.24) is 24.4 Å². The molecule has 0 unspecified atom stereocenters. The normalized spacial score (nSPS) is 17.6. The Bertz CT molecular complexity index is 1410. The van der Waals surface area contributed by atoms with Crippen molar-refractivity contribution in [1.29, 1.82) is 0 Å². The predicted octanol–water partition coefficient (Wildman–Crippen LogP) is 4.96. The Morgan fingerprint density at radius 1 is 1.08 bits per heavy atom. The lowest BCUT2D eigenvalue weighted by Gasteiger charge is -2.29. The van der Waals surface area contributed by atoms with Crippen molar-refractivity contribution in [3.8, 4) is 23.0 Å². The minimum Gasteiger partial charge on any atom is -0.492 e. The number of fused-ring (bicyclic) bond motifs is 1. The van der Waals surface area contributed by atoms with E-state index in [2.05, 4.69) is 38.5 Å². The standard InChI is InChI=1S/C29H32ClN5O3/c1-29(11-12-29)38-28-25-27(31-19-32-28)35(18-20-5-3-2-4-6-20)26(33-25)23-8-7-22(17-24(23)30)37-16-15-34-13-9-21(36)10-14-34/h2-8,17,19,21,36H,9-16,18H2,1H3. The number of aliphatic hydroxyl groups is 1. The van der Waals surface area contributed by atoms with Crippen molar-refractivity contribution in [2.75, 3.05) is 26.2 Å². The molecule has 4 aromatic rings. The fourth-order valence-corrected chi connectivity index (χ4v) is 5.08. The number of piperidine rings is 1. The number of nitrogens with zero attached hydrogens (tertiary/aromatic N) is 5. The van der Waals surface area contributed by atoms with Gasteiger partial charge in [0.15, 0.2) is 11.2 Å². The van der Waals surface area contributed by atoms with Gasteiger partial charge in [0.25, 0.3) is 0 Å². The van der Waals surface area contributed by atoms with Gasteiger partial charge in [-0.1, -0.05) is 41.9 Å². The first-order valence-electron chi connectivity index (χ1n) is 13.2. The lowest BCUT2D eigenvalue weighted by molar-refractivity contribution is 0.0755. The zero-order valence-electron chi connectivity index (χ0n) is 21.5. The second-order valence-electron chi connectivity index (χ2n) is 10.5. The fourth-order valence-electron chi connectivity index (χ4n) is 4.83. The Labute approximate surface area is 227 Å². The molecule has 38 heavy (non-hydrogen) atoms. The fraction of sp³-hybridized carbons (Fsp3) is 0.414. The number of rotatable bonds is 9. The lowest BCUT2D eigenvalue weighted by Crippen LogP contribution is -2.38. The smallest absolute Gasteiger partial charge is 0.245 e. The topological polar surface area (TPSA) is 85.5 Å². The number of aromatic nitrogens is 4. The quantitative estimate of drug-likeness (QED) is 0.325. The number of halogens is 1. The molecule has 1 aliphatic carbocycles. The highest BCUT2D eigenvalue weighted by atomic mass is 35.5. The van der Waals surface area contributed by atoms with E-state index < -0.39 is 0 Å². The largest absolute Gasteiger partial charge is 0.492 e. The third-order valence-electron chi connectivity index (χ3n) is 7.39. The molecule has 6 rings (SSSR count). The van der Waals surface area contributed by atoms with Gasteiger partial charge in [-0.05, 0) is 56.4 Å². The zero-order chi connectivity index (χ0) is 26.1. The van der Waals surface area contributed by atoms with Crippen LogP contribution in [0.4, 0.5) is 0 Å². The number of aliphatic hydroxyl groups excluding tert-OH is 1. The molecule has 0 spiro atoms. The molecule has 198 valence electrons. The van der Waals surface area contributed by atoms with E-state index in [9.17, 15) is 5.11 Å². The molecule has 0 amide bonds. The van der Waals surface area contributed by atoms with E-state index in [0.717, 1.165) is 56.4 Å². The number of imidazole rings is 1. The van der Waals surface area contributed by atoms with Crippen LogP contribution in [0.2, 0.25) is 5.02 Å². The first kappa shape index (κ1) is 25.1. The molecule has 0 atom stereocenters. The van der Waals surface area contributed by atoms with Crippen LogP contribution in [-0.2, 0) is 6.54 Å². The van der Waals surface area contributed by atoms with Crippen LogP contribution in [0, 0.1) is 0 Å². The van der Waals surface area contributed by atoms with Gasteiger partial charge >= 0.3 is 0 Å². The highest BCUT2D eigenvalue weighted by molar-refractivity contribution is 6.33. The van der Waals surface area contributed by atoms with E-state index in [0.29, 0.717) is 46.8 Å². The van der Waals surface area contributed by atoms with E-state index in [4.69, 9.17) is 26.1 Å². The van der Waals surface area contributed by atoms with Crippen molar-refractivity contribution in [2.45, 2.75) is 50.9 Å². The Morgan fingerprint density at radius 3 is 2.61 bits per heavy atom. The highest BCUT2D eigenvalue weighted by Crippen LogP contribution is 2.41. The molecule has 1 N–H and O–H groups in total. The van der Waals surface area contributed by atoms with Gasteiger partial charge in [0, 0.05) is 25.2 Å². The number of benzene rings is 2. The van der Waals surface area contributed by atoms with E-state index >= 15 is 0 Å². The average molecular weight is 534 g/mol. The summed E-state index contributed by atoms with van der Waals surface area (Å²) in [5, 5.41) is 10.3. The maximum absolute atomic E-state index is 9.70. The van der Waals surface area contributed by atoms with Crippen LogP contribution in [-0.4, -0.2) is 67.5 Å². The number of ether oxygens (including phenoxy) is 2. The van der Waals surface area contributed by atoms with E-state index in [-0.39, 0.29) is 11.7 Å². The summed E-state index contributed by atoms with van der Waals surface area (Å²) in [5.74, 6) is 1.93. The maximum atomic E-state index is 9.70. The number of hydrogen-bond donors (Lipinski definition) is 1. The van der Waals surface area contributed by atoms with Crippen LogP contribution >= 0.6 is 11.6 Å². The minimum absolute atomic E-state index is 0.171. The Balaban J connectivity index is 1.28. The van der Waals surface area contributed by atoms with Gasteiger partial charge in [0.1, 0.15) is 30.1 Å². The van der Waals surface area contributed by atoms with Crippen LogP contribution in [0.25, 0.3) is 22.6 Å². The first-order chi connectivity index (χ1) is 18.5. The summed E-state index contributed by atoms with van der Waals surface area (Å²) in [5.41, 5.74) is 3.08. The number of hydrogen-bond acceptors (Lipinski definition) is 7. The summed E-state index contributed by atoms with van der Waals surface area (Å²) in [7, 11) is 0. The summed E-state index contributed by atoms with van der Waals surface area (Å²) in [6.45, 7) is 5.85. The van der Waals surface area contributed by atoms with Crippen LogP contribution in [0.3, 0.4) is 0 Å². The van der Waals surface area contributed by atoms with Gasteiger partial charge < -0.3 is 19.1 Å². The summed E-state index contributed by atoms with van der Waals surface area (Å²) < 4.78 is 14.3. The van der Waals surface area contributed by atoms with Gasteiger partial charge in [0.05, 0.1) is 17.7 Å². The average Bonchev–Trinajstić information content (AvgIpc) is 3.54. The third-order valence-corrected chi connectivity index (χ3v) is 7.71. The van der Waals surface area contributed by atoms with Gasteiger partial charge in [0.2, 0.25) is 5.88 Å². The SMILES string of the molecule is CC1(Oc2ncnc3c2nc(-c2ccc(OCCN4CCC(O)CC4)cc2Cl)n3Cc2ccccc2)CC1. The first-order valence-corrected chi connectivity index (χ1v) is 13.6. The highest BCUT2D eigenvalue weighted by Gasteiger charge is 2.41. The predicted molar refractivity (Wildman–Crippen MR) is 147 cm³/mol. The van der Waals surface area contributed by atoms with Crippen molar-refractivity contribution in [2.24, 2.45) is 0 Å². The molecular formula is C29H32ClN5O3. The van der Waals surface area contributed by atoms with E-state index in [1.807, 2.05) is 36.4 Å². The van der Waals surface area contributed by atoms with E-state index in [1.165, 1.54) is 6.33 Å². The van der Waals surface area contributed by atoms with Gasteiger partial charge in [-0.15, -0.1) is 0 Å². The van der Waals surface area contributed by atoms with Gasteiger partial charge in [-0.3, -0.25) is 4.90 Å². The third kappa shape index (κ3) is 5.48. The molecule has 2 aromatic carbocycles. The van der Waals surface area contributed by atoms with E-state index in [1.54, 1.807) is 0 Å². The zero-order valence-corrected chi connectivity index (χ0v) is 22.3. The van der Waals surface area contributed by atoms with Crippen LogP contribution in [0.5, 0.6) is 11.6 Å². The molecule has 1 aliphatic heterocycles. The minimum atomic E-state index is -0.185. The second-order valence-corrected chi connectivity index (χ2v) is 10.9. The Kier molecular flexibility index (Phi) is 6.95. The molecule has 8 nitrogen and oxygen atoms in total. The second kappa shape index (κ2) is 10.5. The van der Waals surface area contributed by atoms with Gasteiger partial charge in [-0.2, -0.15) is 4.98 Å². The number of likely N-dealkylation sites (tertiary alicyclic amines) is 1. The molecule has 2 aliphatic rings. The van der Waals surface area contributed by atoms with Crippen LogP contribution in [0.1, 0.15) is 38.2 Å². The molecule has 1 saturated heterocycles. The van der Waals surface area contributed by atoms with Crippen molar-refractivity contribution < 1.29 is 14.6 Å². The summed E-state index contributed by atoms with van der Waals surface area (Å²) >= 11 is 6.83. The molecule has 2 fully saturated rings. The Morgan fingerprint density at radius 2 is 1.87 bits per heavy atom. The Hall–Kier alpha value is -3.20. The molecule has 1 saturated carbocycles. The molecule has 0 radical (unpaired) electrons.